The zero-order valence-corrected chi connectivity index (χ0v) is 10.3. The van der Waals surface area contributed by atoms with E-state index < -0.39 is 0 Å². The van der Waals surface area contributed by atoms with Crippen molar-refractivity contribution in [3.05, 3.63) is 58.6 Å². The van der Waals surface area contributed by atoms with Crippen molar-refractivity contribution < 1.29 is 4.42 Å². The molecule has 1 heterocycles. The van der Waals surface area contributed by atoms with E-state index in [-0.39, 0.29) is 5.63 Å². The highest BCUT2D eigenvalue weighted by Crippen LogP contribution is 2.38. The molecule has 1 aliphatic rings. The lowest BCUT2D eigenvalue weighted by molar-refractivity contribution is 0.507. The second-order valence-corrected chi connectivity index (χ2v) is 4.92. The van der Waals surface area contributed by atoms with Gasteiger partial charge in [0.15, 0.2) is 0 Å². The second-order valence-electron chi connectivity index (χ2n) is 4.92. The fourth-order valence-electron chi connectivity index (χ4n) is 2.85. The lowest BCUT2D eigenvalue weighted by Gasteiger charge is -2.14. The summed E-state index contributed by atoms with van der Waals surface area (Å²) in [7, 11) is 0. The van der Waals surface area contributed by atoms with Gasteiger partial charge in [-0.15, -0.1) is 0 Å². The van der Waals surface area contributed by atoms with E-state index in [1.807, 2.05) is 18.2 Å². The van der Waals surface area contributed by atoms with E-state index in [4.69, 9.17) is 4.42 Å². The molecule has 1 aromatic carbocycles. The Hall–Kier alpha value is -1.83. The van der Waals surface area contributed by atoms with Gasteiger partial charge in [0.25, 0.3) is 0 Å². The number of benzene rings is 1. The van der Waals surface area contributed by atoms with E-state index in [0.29, 0.717) is 5.92 Å². The van der Waals surface area contributed by atoms with Crippen LogP contribution in [0.4, 0.5) is 0 Å². The Bertz CT molecular complexity index is 578. The minimum atomic E-state index is -0.239. The van der Waals surface area contributed by atoms with Crippen LogP contribution in [-0.2, 0) is 0 Å². The van der Waals surface area contributed by atoms with Crippen molar-refractivity contribution in [2.24, 2.45) is 0 Å². The van der Waals surface area contributed by atoms with Crippen LogP contribution in [0.1, 0.15) is 37.2 Å². The van der Waals surface area contributed by atoms with Crippen LogP contribution in [0, 0.1) is 0 Å². The van der Waals surface area contributed by atoms with Crippen molar-refractivity contribution in [2.75, 3.05) is 0 Å². The maximum absolute atomic E-state index is 11.5. The Labute approximate surface area is 106 Å². The lowest BCUT2D eigenvalue weighted by atomic mass is 9.91. The predicted molar refractivity (Wildman–Crippen MR) is 71.6 cm³/mol. The minimum absolute atomic E-state index is 0.239. The van der Waals surface area contributed by atoms with Gasteiger partial charge in [-0.25, -0.2) is 4.79 Å². The van der Waals surface area contributed by atoms with Gasteiger partial charge in [0, 0.05) is 11.6 Å². The molecule has 2 heteroatoms. The standard InChI is InChI=1S/C16H16O2/c17-16-10-14(12-8-4-5-9-12)15(11-18-16)13-6-2-1-3-7-13/h1-3,6-7,10-12H,4-5,8-9H2. The van der Waals surface area contributed by atoms with Gasteiger partial charge in [-0.1, -0.05) is 43.2 Å². The largest absolute Gasteiger partial charge is 0.431 e. The molecule has 2 aromatic rings. The average Bonchev–Trinajstić information content (AvgIpc) is 2.93. The summed E-state index contributed by atoms with van der Waals surface area (Å²) in [4.78, 5) is 11.5. The first-order valence-corrected chi connectivity index (χ1v) is 6.53. The molecule has 1 aliphatic carbocycles. The van der Waals surface area contributed by atoms with E-state index >= 15 is 0 Å². The number of rotatable bonds is 2. The first kappa shape index (κ1) is 11.3. The molecule has 1 aromatic heterocycles. The Morgan fingerprint density at radius 2 is 1.78 bits per heavy atom. The Morgan fingerprint density at radius 3 is 2.50 bits per heavy atom. The van der Waals surface area contributed by atoms with Crippen LogP contribution in [0.5, 0.6) is 0 Å². The smallest absolute Gasteiger partial charge is 0.335 e. The summed E-state index contributed by atoms with van der Waals surface area (Å²) >= 11 is 0. The molecule has 0 aliphatic heterocycles. The molecule has 1 saturated carbocycles. The molecule has 2 nitrogen and oxygen atoms in total. The molecule has 0 atom stereocenters. The highest BCUT2D eigenvalue weighted by atomic mass is 16.4. The normalized spacial score (nSPS) is 16.0. The van der Waals surface area contributed by atoms with E-state index in [2.05, 4.69) is 12.1 Å². The lowest BCUT2D eigenvalue weighted by Crippen LogP contribution is -2.04. The monoisotopic (exact) mass is 240 g/mol. The van der Waals surface area contributed by atoms with Gasteiger partial charge in [-0.05, 0) is 29.9 Å². The fourth-order valence-corrected chi connectivity index (χ4v) is 2.85. The SMILES string of the molecule is O=c1cc(C2CCCC2)c(-c2ccccc2)co1. The van der Waals surface area contributed by atoms with Crippen LogP contribution in [0.2, 0.25) is 0 Å². The topological polar surface area (TPSA) is 30.2 Å². The third-order valence-corrected chi connectivity index (χ3v) is 3.76. The van der Waals surface area contributed by atoms with Crippen molar-refractivity contribution >= 4 is 0 Å². The minimum Gasteiger partial charge on any atom is -0.431 e. The fraction of sp³-hybridized carbons (Fsp3) is 0.312. The van der Waals surface area contributed by atoms with Gasteiger partial charge in [0.1, 0.15) is 6.26 Å². The van der Waals surface area contributed by atoms with Gasteiger partial charge in [-0.2, -0.15) is 0 Å². The van der Waals surface area contributed by atoms with Crippen molar-refractivity contribution in [3.63, 3.8) is 0 Å². The molecule has 18 heavy (non-hydrogen) atoms. The third kappa shape index (κ3) is 2.10. The van der Waals surface area contributed by atoms with E-state index in [1.165, 1.54) is 25.7 Å². The Morgan fingerprint density at radius 1 is 1.06 bits per heavy atom. The molecule has 0 bridgehead atoms. The van der Waals surface area contributed by atoms with Gasteiger partial charge in [0.2, 0.25) is 0 Å². The summed E-state index contributed by atoms with van der Waals surface area (Å²) in [6, 6.07) is 11.8. The van der Waals surface area contributed by atoms with Crippen LogP contribution in [-0.4, -0.2) is 0 Å². The number of hydrogen-bond acceptors (Lipinski definition) is 2. The first-order chi connectivity index (χ1) is 8.84. The van der Waals surface area contributed by atoms with Crippen LogP contribution >= 0.6 is 0 Å². The highest BCUT2D eigenvalue weighted by molar-refractivity contribution is 5.66. The Kier molecular flexibility index (Phi) is 3.01. The molecule has 0 unspecified atom stereocenters. The van der Waals surface area contributed by atoms with Crippen molar-refractivity contribution in [3.8, 4) is 11.1 Å². The molecule has 3 rings (SSSR count). The number of hydrogen-bond donors (Lipinski definition) is 0. The summed E-state index contributed by atoms with van der Waals surface area (Å²) in [5, 5.41) is 0. The second kappa shape index (κ2) is 4.81. The highest BCUT2D eigenvalue weighted by Gasteiger charge is 2.21. The Balaban J connectivity index is 2.11. The molecule has 0 amide bonds. The van der Waals surface area contributed by atoms with Crippen LogP contribution in [0.3, 0.4) is 0 Å². The third-order valence-electron chi connectivity index (χ3n) is 3.76. The summed E-state index contributed by atoms with van der Waals surface area (Å²) < 4.78 is 5.06. The van der Waals surface area contributed by atoms with Gasteiger partial charge in [0.05, 0.1) is 0 Å². The molecular weight excluding hydrogens is 224 g/mol. The predicted octanol–water partition coefficient (Wildman–Crippen LogP) is 3.96. The van der Waals surface area contributed by atoms with Crippen molar-refractivity contribution in [1.29, 1.82) is 0 Å². The molecule has 0 saturated heterocycles. The van der Waals surface area contributed by atoms with Crippen molar-refractivity contribution in [2.45, 2.75) is 31.6 Å². The molecule has 0 radical (unpaired) electrons. The van der Waals surface area contributed by atoms with E-state index in [0.717, 1.165) is 16.7 Å². The summed E-state index contributed by atoms with van der Waals surface area (Å²) in [6.45, 7) is 0. The molecular formula is C16H16O2. The van der Waals surface area contributed by atoms with Gasteiger partial charge < -0.3 is 4.42 Å². The molecule has 0 spiro atoms. The summed E-state index contributed by atoms with van der Waals surface area (Å²) in [6.07, 6.45) is 6.51. The van der Waals surface area contributed by atoms with E-state index in [1.54, 1.807) is 12.3 Å². The molecule has 1 fully saturated rings. The van der Waals surface area contributed by atoms with Crippen LogP contribution in [0.25, 0.3) is 11.1 Å². The van der Waals surface area contributed by atoms with E-state index in [9.17, 15) is 4.79 Å². The zero-order chi connectivity index (χ0) is 12.4. The van der Waals surface area contributed by atoms with Crippen LogP contribution in [0.15, 0.2) is 51.9 Å². The maximum Gasteiger partial charge on any atom is 0.335 e. The van der Waals surface area contributed by atoms with Gasteiger partial charge in [-0.3, -0.25) is 0 Å². The molecule has 92 valence electrons. The van der Waals surface area contributed by atoms with Crippen LogP contribution < -0.4 is 5.63 Å². The average molecular weight is 240 g/mol. The molecule has 0 N–H and O–H groups in total. The van der Waals surface area contributed by atoms with Gasteiger partial charge >= 0.3 is 5.63 Å². The summed E-state index contributed by atoms with van der Waals surface area (Å²) in [5.74, 6) is 0.518. The quantitative estimate of drug-likeness (QED) is 0.795. The zero-order valence-electron chi connectivity index (χ0n) is 10.3. The maximum atomic E-state index is 11.5. The first-order valence-electron chi connectivity index (χ1n) is 6.53. The summed E-state index contributed by atoms with van der Waals surface area (Å²) in [5.41, 5.74) is 3.12. The van der Waals surface area contributed by atoms with Crippen molar-refractivity contribution in [1.82, 2.24) is 0 Å².